The molecular weight excluding hydrogens is 445 g/mol. The maximum absolute atomic E-state index is 5.84. The zero-order chi connectivity index (χ0) is 16.7. The minimum absolute atomic E-state index is 0. The summed E-state index contributed by atoms with van der Waals surface area (Å²) in [6.07, 6.45) is 0. The molecule has 0 bridgehead atoms. The third-order valence-corrected chi connectivity index (χ3v) is 3.30. The lowest BCUT2D eigenvalue weighted by Crippen LogP contribution is -2.40. The molecule has 0 aliphatic carbocycles. The lowest BCUT2D eigenvalue weighted by atomic mass is 10.3. The number of aromatic nitrogens is 2. The van der Waals surface area contributed by atoms with Crippen LogP contribution in [0, 0.1) is 6.92 Å². The van der Waals surface area contributed by atoms with E-state index in [-0.39, 0.29) is 24.0 Å². The minimum Gasteiger partial charge on any atom is -0.492 e. The Morgan fingerprint density at radius 3 is 2.67 bits per heavy atom. The number of nitrogens with one attached hydrogen (secondary N) is 1. The zero-order valence-electron chi connectivity index (χ0n) is 13.8. The molecule has 0 aliphatic heterocycles. The first-order valence-electron chi connectivity index (χ1n) is 7.18. The van der Waals surface area contributed by atoms with E-state index in [1.54, 1.807) is 26.1 Å². The third kappa shape index (κ3) is 6.52. The Kier molecular flexibility index (Phi) is 8.83. The Labute approximate surface area is 163 Å². The number of aryl methyl sites for hydroxylation is 1. The molecule has 24 heavy (non-hydrogen) atoms. The van der Waals surface area contributed by atoms with Crippen LogP contribution >= 0.6 is 35.6 Å². The van der Waals surface area contributed by atoms with E-state index in [0.29, 0.717) is 36.4 Å². The van der Waals surface area contributed by atoms with Crippen molar-refractivity contribution < 1.29 is 9.26 Å². The molecule has 0 fully saturated rings. The second-order valence-corrected chi connectivity index (χ2v) is 5.30. The van der Waals surface area contributed by atoms with Crippen molar-refractivity contribution in [2.24, 2.45) is 4.99 Å². The van der Waals surface area contributed by atoms with E-state index in [0.717, 1.165) is 11.7 Å². The number of likely N-dealkylation sites (N-methyl/N-ethyl adjacent to an activating group) is 1. The highest BCUT2D eigenvalue weighted by Crippen LogP contribution is 2.15. The quantitative estimate of drug-likeness (QED) is 0.402. The molecule has 132 valence electrons. The van der Waals surface area contributed by atoms with Crippen LogP contribution in [-0.4, -0.2) is 48.2 Å². The summed E-state index contributed by atoms with van der Waals surface area (Å²) in [7, 11) is 3.65. The Bertz CT molecular complexity index is 648. The van der Waals surface area contributed by atoms with Gasteiger partial charge >= 0.3 is 0 Å². The van der Waals surface area contributed by atoms with Gasteiger partial charge < -0.3 is 19.5 Å². The highest BCUT2D eigenvalue weighted by atomic mass is 127. The van der Waals surface area contributed by atoms with E-state index in [1.165, 1.54) is 0 Å². The van der Waals surface area contributed by atoms with Crippen LogP contribution in [-0.2, 0) is 6.54 Å². The van der Waals surface area contributed by atoms with Crippen molar-refractivity contribution in [1.82, 2.24) is 20.4 Å². The van der Waals surface area contributed by atoms with Gasteiger partial charge in [0, 0.05) is 19.1 Å². The summed E-state index contributed by atoms with van der Waals surface area (Å²) >= 11 is 5.84. The van der Waals surface area contributed by atoms with Crippen molar-refractivity contribution in [2.75, 3.05) is 27.2 Å². The van der Waals surface area contributed by atoms with Gasteiger partial charge in [-0.15, -0.1) is 24.0 Å². The van der Waals surface area contributed by atoms with Crippen LogP contribution in [0.3, 0.4) is 0 Å². The highest BCUT2D eigenvalue weighted by molar-refractivity contribution is 14.0. The monoisotopic (exact) mass is 465 g/mol. The topological polar surface area (TPSA) is 75.8 Å². The molecule has 0 amide bonds. The smallest absolute Gasteiger partial charge is 0.246 e. The molecule has 1 N–H and O–H groups in total. The molecule has 9 heteroatoms. The summed E-state index contributed by atoms with van der Waals surface area (Å²) in [5, 5.41) is 7.60. The van der Waals surface area contributed by atoms with Crippen LogP contribution in [0.4, 0.5) is 0 Å². The lowest BCUT2D eigenvalue weighted by molar-refractivity contribution is 0.280. The van der Waals surface area contributed by atoms with Crippen molar-refractivity contribution in [3.63, 3.8) is 0 Å². The van der Waals surface area contributed by atoms with Gasteiger partial charge in [0.05, 0.1) is 13.1 Å². The van der Waals surface area contributed by atoms with Gasteiger partial charge in [-0.05, 0) is 31.2 Å². The Morgan fingerprint density at radius 1 is 1.38 bits per heavy atom. The summed E-state index contributed by atoms with van der Waals surface area (Å²) in [5.74, 6) is 2.64. The molecule has 0 radical (unpaired) electrons. The van der Waals surface area contributed by atoms with Gasteiger partial charge in [-0.25, -0.2) is 0 Å². The van der Waals surface area contributed by atoms with Crippen LogP contribution in [0.2, 0.25) is 5.02 Å². The normalized spacial score (nSPS) is 10.9. The summed E-state index contributed by atoms with van der Waals surface area (Å²) in [6.45, 7) is 3.40. The number of hydrogen-bond acceptors (Lipinski definition) is 5. The van der Waals surface area contributed by atoms with Crippen molar-refractivity contribution >= 4 is 41.5 Å². The first-order chi connectivity index (χ1) is 11.1. The van der Waals surface area contributed by atoms with Gasteiger partial charge in [0.25, 0.3) is 0 Å². The summed E-state index contributed by atoms with van der Waals surface area (Å²) in [4.78, 5) is 10.3. The molecule has 0 saturated carbocycles. The molecule has 0 spiro atoms. The second kappa shape index (κ2) is 10.3. The number of guanidine groups is 1. The number of nitrogens with zero attached hydrogens (tertiary/aromatic N) is 4. The van der Waals surface area contributed by atoms with E-state index < -0.39 is 0 Å². The van der Waals surface area contributed by atoms with Crippen LogP contribution in [0.5, 0.6) is 5.75 Å². The Morgan fingerprint density at radius 2 is 2.08 bits per heavy atom. The molecule has 1 aromatic heterocycles. The number of aliphatic imine (C=N–C) groups is 1. The molecular formula is C15H21ClIN5O2. The van der Waals surface area contributed by atoms with E-state index in [2.05, 4.69) is 20.4 Å². The van der Waals surface area contributed by atoms with Crippen LogP contribution in [0.25, 0.3) is 0 Å². The molecule has 2 aromatic rings. The molecule has 0 saturated heterocycles. The maximum atomic E-state index is 5.84. The van der Waals surface area contributed by atoms with Crippen molar-refractivity contribution in [3.05, 3.63) is 41.0 Å². The Balaban J connectivity index is 0.00000288. The average Bonchev–Trinajstić information content (AvgIpc) is 2.95. The fourth-order valence-corrected chi connectivity index (χ4v) is 2.01. The molecule has 1 heterocycles. The van der Waals surface area contributed by atoms with Gasteiger partial charge in [0.2, 0.25) is 5.89 Å². The Hall–Kier alpha value is -1.55. The number of rotatable bonds is 6. The van der Waals surface area contributed by atoms with Gasteiger partial charge in [0.1, 0.15) is 12.4 Å². The summed E-state index contributed by atoms with van der Waals surface area (Å²) in [5.41, 5.74) is 0. The van der Waals surface area contributed by atoms with E-state index >= 15 is 0 Å². The summed E-state index contributed by atoms with van der Waals surface area (Å²) < 4.78 is 10.7. The average molecular weight is 466 g/mol. The molecule has 0 atom stereocenters. The third-order valence-electron chi connectivity index (χ3n) is 3.05. The van der Waals surface area contributed by atoms with Gasteiger partial charge in [-0.1, -0.05) is 16.8 Å². The predicted molar refractivity (Wildman–Crippen MR) is 104 cm³/mol. The van der Waals surface area contributed by atoms with Crippen LogP contribution < -0.4 is 10.1 Å². The second-order valence-electron chi connectivity index (χ2n) is 4.86. The van der Waals surface area contributed by atoms with Crippen LogP contribution in [0.15, 0.2) is 33.8 Å². The largest absolute Gasteiger partial charge is 0.492 e. The molecule has 1 aromatic carbocycles. The fraction of sp³-hybridized carbons (Fsp3) is 0.400. The molecule has 0 unspecified atom stereocenters. The summed E-state index contributed by atoms with van der Waals surface area (Å²) in [6, 6.07) is 7.28. The molecule has 2 rings (SSSR count). The van der Waals surface area contributed by atoms with Gasteiger partial charge in [-0.3, -0.25) is 4.99 Å². The standard InChI is InChI=1S/C15H20ClN5O2.HI/c1-11-19-14(23-20-11)10-18-15(17-2)21(3)8-9-22-13-6-4-12(16)5-7-13;/h4-7H,8-10H2,1-3H3,(H,17,18);1H. The number of hydrogen-bond donors (Lipinski definition) is 1. The first kappa shape index (κ1) is 20.5. The fourth-order valence-electron chi connectivity index (χ4n) is 1.89. The predicted octanol–water partition coefficient (Wildman–Crippen LogP) is 2.74. The number of benzene rings is 1. The first-order valence-corrected chi connectivity index (χ1v) is 7.55. The lowest BCUT2D eigenvalue weighted by Gasteiger charge is -2.21. The molecule has 0 aliphatic rings. The zero-order valence-corrected chi connectivity index (χ0v) is 16.9. The van der Waals surface area contributed by atoms with E-state index in [9.17, 15) is 0 Å². The van der Waals surface area contributed by atoms with E-state index in [4.69, 9.17) is 20.9 Å². The van der Waals surface area contributed by atoms with Crippen LogP contribution in [0.1, 0.15) is 11.7 Å². The number of ether oxygens (including phenoxy) is 1. The van der Waals surface area contributed by atoms with Crippen molar-refractivity contribution in [3.8, 4) is 5.75 Å². The number of halogens is 2. The minimum atomic E-state index is 0. The van der Waals surface area contributed by atoms with Gasteiger partial charge in [0.15, 0.2) is 11.8 Å². The van der Waals surface area contributed by atoms with Gasteiger partial charge in [-0.2, -0.15) is 4.98 Å². The van der Waals surface area contributed by atoms with Crippen molar-refractivity contribution in [2.45, 2.75) is 13.5 Å². The SMILES string of the molecule is CN=C(NCc1nc(C)no1)N(C)CCOc1ccc(Cl)cc1.I. The highest BCUT2D eigenvalue weighted by Gasteiger charge is 2.08. The molecule has 7 nitrogen and oxygen atoms in total. The van der Waals surface area contributed by atoms with Crippen molar-refractivity contribution in [1.29, 1.82) is 0 Å². The van der Waals surface area contributed by atoms with E-state index in [1.807, 2.05) is 24.1 Å². The maximum Gasteiger partial charge on any atom is 0.246 e.